The second-order valence-corrected chi connectivity index (χ2v) is 5.96. The van der Waals surface area contributed by atoms with Crippen molar-refractivity contribution < 1.29 is 19.4 Å². The Bertz CT molecular complexity index is 478. The molecule has 5 nitrogen and oxygen atoms in total. The van der Waals surface area contributed by atoms with Crippen LogP contribution in [0.2, 0.25) is 0 Å². The monoisotopic (exact) mass is 307 g/mol. The lowest BCUT2D eigenvalue weighted by Gasteiger charge is -2.31. The van der Waals surface area contributed by atoms with Gasteiger partial charge in [-0.1, -0.05) is 12.1 Å². The summed E-state index contributed by atoms with van der Waals surface area (Å²) in [6, 6.07) is 7.19. The normalized spacial score (nSPS) is 26.3. The Labute approximate surface area is 131 Å². The summed E-state index contributed by atoms with van der Waals surface area (Å²) < 4.78 is 10.7. The van der Waals surface area contributed by atoms with E-state index in [2.05, 4.69) is 5.32 Å². The summed E-state index contributed by atoms with van der Waals surface area (Å²) in [4.78, 5) is 12.2. The number of hydrogen-bond acceptors (Lipinski definition) is 4. The molecule has 22 heavy (non-hydrogen) atoms. The van der Waals surface area contributed by atoms with Crippen molar-refractivity contribution in [2.24, 2.45) is 5.92 Å². The zero-order valence-corrected chi connectivity index (χ0v) is 13.4. The van der Waals surface area contributed by atoms with Gasteiger partial charge in [-0.3, -0.25) is 4.79 Å². The fourth-order valence-corrected chi connectivity index (χ4v) is 2.90. The van der Waals surface area contributed by atoms with Crippen LogP contribution in [0.15, 0.2) is 24.3 Å². The summed E-state index contributed by atoms with van der Waals surface area (Å²) in [5.74, 6) is 0.696. The number of hydrogen-bond donors (Lipinski definition) is 2. The zero-order chi connectivity index (χ0) is 16.1. The van der Waals surface area contributed by atoms with Crippen molar-refractivity contribution in [1.29, 1.82) is 0 Å². The number of benzene rings is 1. The fourth-order valence-electron chi connectivity index (χ4n) is 2.90. The maximum atomic E-state index is 12.2. The van der Waals surface area contributed by atoms with E-state index >= 15 is 0 Å². The predicted molar refractivity (Wildman–Crippen MR) is 83.7 cm³/mol. The molecule has 0 spiro atoms. The Morgan fingerprint density at radius 2 is 1.91 bits per heavy atom. The molecule has 4 atom stereocenters. The van der Waals surface area contributed by atoms with E-state index in [1.165, 1.54) is 0 Å². The number of rotatable bonds is 5. The highest BCUT2D eigenvalue weighted by molar-refractivity contribution is 5.78. The Kier molecular flexibility index (Phi) is 5.80. The molecule has 0 bridgehead atoms. The van der Waals surface area contributed by atoms with Gasteiger partial charge in [-0.25, -0.2) is 0 Å². The molecule has 0 radical (unpaired) electrons. The van der Waals surface area contributed by atoms with Crippen molar-refractivity contribution in [1.82, 2.24) is 5.32 Å². The second kappa shape index (κ2) is 7.61. The van der Waals surface area contributed by atoms with Gasteiger partial charge < -0.3 is 19.9 Å². The summed E-state index contributed by atoms with van der Waals surface area (Å²) in [7, 11) is 1.60. The van der Waals surface area contributed by atoms with Gasteiger partial charge in [0.1, 0.15) is 5.75 Å². The number of ether oxygens (including phenoxy) is 2. The molecule has 0 saturated carbocycles. The van der Waals surface area contributed by atoms with Crippen LogP contribution in [0.3, 0.4) is 0 Å². The van der Waals surface area contributed by atoms with Gasteiger partial charge in [0.05, 0.1) is 25.4 Å². The third-order valence-corrected chi connectivity index (χ3v) is 4.04. The average Bonchev–Trinajstić information content (AvgIpc) is 2.51. The molecular weight excluding hydrogens is 282 g/mol. The van der Waals surface area contributed by atoms with Crippen LogP contribution in [0, 0.1) is 5.92 Å². The zero-order valence-electron chi connectivity index (χ0n) is 13.4. The van der Waals surface area contributed by atoms with Crippen LogP contribution in [-0.4, -0.2) is 36.9 Å². The fraction of sp³-hybridized carbons (Fsp3) is 0.588. The Balaban J connectivity index is 1.84. The van der Waals surface area contributed by atoms with Gasteiger partial charge in [-0.15, -0.1) is 0 Å². The van der Waals surface area contributed by atoms with Gasteiger partial charge in [0.2, 0.25) is 5.91 Å². The number of nitrogens with one attached hydrogen (secondary N) is 1. The van der Waals surface area contributed by atoms with Crippen LogP contribution >= 0.6 is 0 Å². The molecule has 1 aromatic rings. The van der Waals surface area contributed by atoms with Crippen LogP contribution < -0.4 is 10.1 Å². The third kappa shape index (κ3) is 4.45. The molecule has 1 amide bonds. The van der Waals surface area contributed by atoms with Crippen molar-refractivity contribution in [3.8, 4) is 5.75 Å². The lowest BCUT2D eigenvalue weighted by molar-refractivity contribution is -0.133. The molecule has 1 saturated heterocycles. The molecule has 2 rings (SSSR count). The van der Waals surface area contributed by atoms with Crippen LogP contribution in [0.1, 0.15) is 38.4 Å². The van der Waals surface area contributed by atoms with Gasteiger partial charge in [-0.2, -0.15) is 0 Å². The van der Waals surface area contributed by atoms with Gasteiger partial charge >= 0.3 is 0 Å². The van der Waals surface area contributed by atoms with E-state index in [1.807, 2.05) is 13.8 Å². The van der Waals surface area contributed by atoms with Crippen LogP contribution in [0.4, 0.5) is 0 Å². The molecule has 122 valence electrons. The van der Waals surface area contributed by atoms with Crippen LogP contribution in [-0.2, 0) is 9.53 Å². The molecule has 5 heteroatoms. The molecule has 1 unspecified atom stereocenters. The lowest BCUT2D eigenvalue weighted by atomic mass is 9.92. The largest absolute Gasteiger partial charge is 0.497 e. The third-order valence-electron chi connectivity index (χ3n) is 4.04. The summed E-state index contributed by atoms with van der Waals surface area (Å²) in [6.07, 6.45) is 0.949. The molecular formula is C17H25NO4. The standard InChI is InChI=1S/C17H25NO4/c1-11-8-14(9-12(2)22-11)17(20)18-10-16(19)13-4-6-15(21-3)7-5-13/h4-7,11-12,14,16,19H,8-10H2,1-3H3,(H,18,20)/t11-,12+,14?,16-/m0/s1. The number of aliphatic hydroxyl groups excluding tert-OH is 1. The van der Waals surface area contributed by atoms with E-state index in [1.54, 1.807) is 31.4 Å². The lowest BCUT2D eigenvalue weighted by Crippen LogP contribution is -2.40. The number of methoxy groups -OCH3 is 1. The first-order valence-corrected chi connectivity index (χ1v) is 7.74. The summed E-state index contributed by atoms with van der Waals surface area (Å²) in [5, 5.41) is 13.0. The number of carbonyl (C=O) groups excluding carboxylic acids is 1. The maximum absolute atomic E-state index is 12.2. The van der Waals surface area contributed by atoms with Crippen molar-refractivity contribution in [2.45, 2.75) is 45.0 Å². The Morgan fingerprint density at radius 1 is 1.32 bits per heavy atom. The van der Waals surface area contributed by atoms with E-state index in [-0.39, 0.29) is 30.6 Å². The molecule has 1 heterocycles. The highest BCUT2D eigenvalue weighted by Gasteiger charge is 2.29. The summed E-state index contributed by atoms with van der Waals surface area (Å²) in [6.45, 7) is 4.19. The van der Waals surface area contributed by atoms with Gasteiger partial charge in [0, 0.05) is 12.5 Å². The smallest absolute Gasteiger partial charge is 0.223 e. The summed E-state index contributed by atoms with van der Waals surface area (Å²) in [5.41, 5.74) is 0.759. The van der Waals surface area contributed by atoms with Crippen LogP contribution in [0.5, 0.6) is 5.75 Å². The molecule has 1 aliphatic heterocycles. The van der Waals surface area contributed by atoms with Crippen molar-refractivity contribution in [2.75, 3.05) is 13.7 Å². The van der Waals surface area contributed by atoms with Gasteiger partial charge in [0.25, 0.3) is 0 Å². The first-order valence-electron chi connectivity index (χ1n) is 7.74. The van der Waals surface area contributed by atoms with Gasteiger partial charge in [-0.05, 0) is 44.4 Å². The minimum atomic E-state index is -0.718. The number of carbonyl (C=O) groups is 1. The first-order chi connectivity index (χ1) is 10.5. The van der Waals surface area contributed by atoms with E-state index in [9.17, 15) is 9.90 Å². The quantitative estimate of drug-likeness (QED) is 0.873. The molecule has 0 aromatic heterocycles. The second-order valence-electron chi connectivity index (χ2n) is 5.96. The molecule has 1 aliphatic rings. The van der Waals surface area contributed by atoms with E-state index in [0.717, 1.165) is 24.2 Å². The molecule has 1 fully saturated rings. The molecule has 1 aromatic carbocycles. The van der Waals surface area contributed by atoms with Crippen molar-refractivity contribution in [3.05, 3.63) is 29.8 Å². The topological polar surface area (TPSA) is 67.8 Å². The average molecular weight is 307 g/mol. The van der Waals surface area contributed by atoms with E-state index in [4.69, 9.17) is 9.47 Å². The molecule has 0 aliphatic carbocycles. The highest BCUT2D eigenvalue weighted by atomic mass is 16.5. The maximum Gasteiger partial charge on any atom is 0.223 e. The van der Waals surface area contributed by atoms with Crippen LogP contribution in [0.25, 0.3) is 0 Å². The minimum Gasteiger partial charge on any atom is -0.497 e. The molecule has 2 N–H and O–H groups in total. The number of amides is 1. The van der Waals surface area contributed by atoms with E-state index < -0.39 is 6.10 Å². The van der Waals surface area contributed by atoms with Crippen molar-refractivity contribution >= 4 is 5.91 Å². The van der Waals surface area contributed by atoms with Gasteiger partial charge in [0.15, 0.2) is 0 Å². The Morgan fingerprint density at radius 3 is 2.45 bits per heavy atom. The predicted octanol–water partition coefficient (Wildman–Crippen LogP) is 2.05. The summed E-state index contributed by atoms with van der Waals surface area (Å²) >= 11 is 0. The number of aliphatic hydroxyl groups is 1. The minimum absolute atomic E-state index is 0.00504. The van der Waals surface area contributed by atoms with Crippen molar-refractivity contribution in [3.63, 3.8) is 0 Å². The highest BCUT2D eigenvalue weighted by Crippen LogP contribution is 2.25. The Hall–Kier alpha value is -1.59. The SMILES string of the molecule is COc1ccc([C@@H](O)CNC(=O)C2C[C@@H](C)O[C@@H](C)C2)cc1. The first kappa shape index (κ1) is 16.8. The van der Waals surface area contributed by atoms with E-state index in [0.29, 0.717) is 0 Å².